The number of hydrogen-bond acceptors (Lipinski definition) is 4. The lowest BCUT2D eigenvalue weighted by Crippen LogP contribution is -2.46. The summed E-state index contributed by atoms with van der Waals surface area (Å²) in [5, 5.41) is 6.36. The average Bonchev–Trinajstić information content (AvgIpc) is 3.01. The summed E-state index contributed by atoms with van der Waals surface area (Å²) in [5.41, 5.74) is 0.147. The van der Waals surface area contributed by atoms with Gasteiger partial charge in [0.2, 0.25) is 5.91 Å². The van der Waals surface area contributed by atoms with E-state index in [1.807, 2.05) is 0 Å². The van der Waals surface area contributed by atoms with Crippen molar-refractivity contribution in [3.8, 4) is 11.3 Å². The molecular formula is C18H23Cl2F2N3O2. The number of benzene rings is 1. The zero-order chi connectivity index (χ0) is 17.8. The number of amides is 1. The van der Waals surface area contributed by atoms with Crippen LogP contribution in [0.1, 0.15) is 32.1 Å². The maximum atomic E-state index is 13.8. The van der Waals surface area contributed by atoms with E-state index in [-0.39, 0.29) is 54.5 Å². The van der Waals surface area contributed by atoms with Crippen LogP contribution >= 0.6 is 24.8 Å². The first-order valence-corrected chi connectivity index (χ1v) is 8.44. The summed E-state index contributed by atoms with van der Waals surface area (Å²) in [7, 11) is 0. The van der Waals surface area contributed by atoms with Crippen molar-refractivity contribution in [3.05, 3.63) is 41.9 Å². The summed E-state index contributed by atoms with van der Waals surface area (Å²) in [6.45, 7) is 3.00. The SMILES string of the molecule is CC1CC(NC(=O)CCc2ncc(-c3ccc(F)cc3F)o2)CCN1.Cl.Cl. The highest BCUT2D eigenvalue weighted by Gasteiger charge is 2.20. The maximum Gasteiger partial charge on any atom is 0.220 e. The molecule has 2 N–H and O–H groups in total. The minimum atomic E-state index is -0.708. The summed E-state index contributed by atoms with van der Waals surface area (Å²) < 4.78 is 32.2. The molecule has 2 aromatic rings. The Morgan fingerprint density at radius 1 is 1.37 bits per heavy atom. The lowest BCUT2D eigenvalue weighted by Gasteiger charge is -2.28. The molecular weight excluding hydrogens is 399 g/mol. The first-order valence-electron chi connectivity index (χ1n) is 8.44. The lowest BCUT2D eigenvalue weighted by molar-refractivity contribution is -0.122. The van der Waals surface area contributed by atoms with Gasteiger partial charge in [0.1, 0.15) is 11.6 Å². The number of oxazole rings is 1. The molecule has 27 heavy (non-hydrogen) atoms. The van der Waals surface area contributed by atoms with E-state index in [1.165, 1.54) is 12.3 Å². The van der Waals surface area contributed by atoms with Crippen molar-refractivity contribution >= 4 is 30.7 Å². The number of hydrogen-bond donors (Lipinski definition) is 2. The van der Waals surface area contributed by atoms with E-state index in [9.17, 15) is 13.6 Å². The van der Waals surface area contributed by atoms with Gasteiger partial charge in [0.15, 0.2) is 11.7 Å². The van der Waals surface area contributed by atoms with Crippen LogP contribution in [0.2, 0.25) is 0 Å². The number of nitrogens with one attached hydrogen (secondary N) is 2. The third-order valence-corrected chi connectivity index (χ3v) is 4.30. The van der Waals surface area contributed by atoms with Crippen molar-refractivity contribution in [1.29, 1.82) is 0 Å². The van der Waals surface area contributed by atoms with Gasteiger partial charge in [0.05, 0.1) is 11.8 Å². The zero-order valence-corrected chi connectivity index (χ0v) is 16.5. The number of rotatable bonds is 5. The summed E-state index contributed by atoms with van der Waals surface area (Å²) in [4.78, 5) is 16.1. The van der Waals surface area contributed by atoms with Crippen LogP contribution in [0.3, 0.4) is 0 Å². The molecule has 9 heteroatoms. The Labute approximate surface area is 169 Å². The van der Waals surface area contributed by atoms with Gasteiger partial charge in [-0.15, -0.1) is 24.8 Å². The van der Waals surface area contributed by atoms with Crippen molar-refractivity contribution in [2.24, 2.45) is 0 Å². The third-order valence-electron chi connectivity index (χ3n) is 4.30. The van der Waals surface area contributed by atoms with Gasteiger partial charge in [0, 0.05) is 31.0 Å². The molecule has 2 unspecified atom stereocenters. The van der Waals surface area contributed by atoms with Crippen LogP contribution in [-0.4, -0.2) is 29.5 Å². The Hall–Kier alpha value is -1.70. The summed E-state index contributed by atoms with van der Waals surface area (Å²) in [5.74, 6) is -0.829. The van der Waals surface area contributed by atoms with Gasteiger partial charge < -0.3 is 15.1 Å². The summed E-state index contributed by atoms with van der Waals surface area (Å²) in [6.07, 6.45) is 3.80. The number of carbonyl (C=O) groups excluding carboxylic acids is 1. The molecule has 3 rings (SSSR count). The Morgan fingerprint density at radius 3 is 2.85 bits per heavy atom. The van der Waals surface area contributed by atoms with Crippen LogP contribution in [0.25, 0.3) is 11.3 Å². The number of halogens is 4. The van der Waals surface area contributed by atoms with Crippen LogP contribution < -0.4 is 10.6 Å². The second-order valence-electron chi connectivity index (χ2n) is 6.39. The van der Waals surface area contributed by atoms with Crippen molar-refractivity contribution in [2.75, 3.05) is 6.54 Å². The van der Waals surface area contributed by atoms with Crippen molar-refractivity contribution < 1.29 is 18.0 Å². The lowest BCUT2D eigenvalue weighted by atomic mass is 10.0. The minimum absolute atomic E-state index is 0. The van der Waals surface area contributed by atoms with Crippen molar-refractivity contribution in [1.82, 2.24) is 15.6 Å². The van der Waals surface area contributed by atoms with Crippen LogP contribution in [0.5, 0.6) is 0 Å². The minimum Gasteiger partial charge on any atom is -0.441 e. The van der Waals surface area contributed by atoms with Gasteiger partial charge in [-0.2, -0.15) is 0 Å². The molecule has 1 aliphatic heterocycles. The smallest absolute Gasteiger partial charge is 0.220 e. The van der Waals surface area contributed by atoms with Crippen LogP contribution in [0.4, 0.5) is 8.78 Å². The quantitative estimate of drug-likeness (QED) is 0.772. The molecule has 0 spiro atoms. The second kappa shape index (κ2) is 10.6. The first-order chi connectivity index (χ1) is 12.0. The van der Waals surface area contributed by atoms with Crippen LogP contribution in [0, 0.1) is 11.6 Å². The Kier molecular flexibility index (Phi) is 9.15. The molecule has 2 atom stereocenters. The summed E-state index contributed by atoms with van der Waals surface area (Å²) >= 11 is 0. The fourth-order valence-corrected chi connectivity index (χ4v) is 3.02. The van der Waals surface area contributed by atoms with Gasteiger partial charge >= 0.3 is 0 Å². The largest absolute Gasteiger partial charge is 0.441 e. The Bertz CT molecular complexity index is 758. The molecule has 5 nitrogen and oxygen atoms in total. The highest BCUT2D eigenvalue weighted by atomic mass is 35.5. The number of aromatic nitrogens is 1. The van der Waals surface area contributed by atoms with Gasteiger partial charge in [-0.05, 0) is 38.4 Å². The van der Waals surface area contributed by atoms with E-state index in [4.69, 9.17) is 4.42 Å². The predicted octanol–water partition coefficient (Wildman–Crippen LogP) is 3.65. The Morgan fingerprint density at radius 2 is 2.15 bits per heavy atom. The van der Waals surface area contributed by atoms with Gasteiger partial charge in [-0.3, -0.25) is 4.79 Å². The average molecular weight is 422 g/mol. The molecule has 2 heterocycles. The molecule has 1 saturated heterocycles. The van der Waals surface area contributed by atoms with Crippen LogP contribution in [0.15, 0.2) is 28.8 Å². The monoisotopic (exact) mass is 421 g/mol. The van der Waals surface area contributed by atoms with E-state index in [1.54, 1.807) is 0 Å². The van der Waals surface area contributed by atoms with E-state index in [2.05, 4.69) is 22.5 Å². The molecule has 1 aromatic heterocycles. The van der Waals surface area contributed by atoms with E-state index in [0.29, 0.717) is 18.4 Å². The highest BCUT2D eigenvalue weighted by Crippen LogP contribution is 2.24. The second-order valence-corrected chi connectivity index (χ2v) is 6.39. The van der Waals surface area contributed by atoms with Crippen molar-refractivity contribution in [3.63, 3.8) is 0 Å². The third kappa shape index (κ3) is 6.45. The Balaban J connectivity index is 0.00000182. The normalized spacial score (nSPS) is 18.9. The van der Waals surface area contributed by atoms with Gasteiger partial charge in [-0.25, -0.2) is 13.8 Å². The molecule has 0 radical (unpaired) electrons. The standard InChI is InChI=1S/C18H21F2N3O2.2ClH/c1-11-8-13(6-7-21-11)23-17(24)4-5-18-22-10-16(25-18)14-3-2-12(19)9-15(14)20;;/h2-3,9-11,13,21H,4-8H2,1H3,(H,23,24);2*1H. The molecule has 1 aliphatic rings. The van der Waals surface area contributed by atoms with Crippen molar-refractivity contribution in [2.45, 2.75) is 44.7 Å². The van der Waals surface area contributed by atoms with Crippen LogP contribution in [-0.2, 0) is 11.2 Å². The number of carbonyl (C=O) groups is 1. The molecule has 150 valence electrons. The van der Waals surface area contributed by atoms with E-state index < -0.39 is 11.6 Å². The van der Waals surface area contributed by atoms with Gasteiger partial charge in [-0.1, -0.05) is 0 Å². The fraction of sp³-hybridized carbons (Fsp3) is 0.444. The number of aryl methyl sites for hydroxylation is 1. The maximum absolute atomic E-state index is 13.8. The molecule has 0 saturated carbocycles. The van der Waals surface area contributed by atoms with E-state index >= 15 is 0 Å². The molecule has 0 bridgehead atoms. The first kappa shape index (κ1) is 23.3. The fourth-order valence-electron chi connectivity index (χ4n) is 3.02. The molecule has 1 fully saturated rings. The van der Waals surface area contributed by atoms with Gasteiger partial charge in [0.25, 0.3) is 0 Å². The molecule has 1 amide bonds. The topological polar surface area (TPSA) is 67.2 Å². The zero-order valence-electron chi connectivity index (χ0n) is 14.8. The molecule has 0 aliphatic carbocycles. The van der Waals surface area contributed by atoms with E-state index in [0.717, 1.165) is 31.5 Å². The predicted molar refractivity (Wildman–Crippen MR) is 103 cm³/mol. The number of piperidine rings is 1. The molecule has 1 aromatic carbocycles. The summed E-state index contributed by atoms with van der Waals surface area (Å²) in [6, 6.07) is 3.86. The number of nitrogens with zero attached hydrogens (tertiary/aromatic N) is 1. The highest BCUT2D eigenvalue weighted by molar-refractivity contribution is 5.85.